The van der Waals surface area contributed by atoms with Gasteiger partial charge in [-0.15, -0.1) is 0 Å². The molecule has 2 amide bonds. The number of likely N-dealkylation sites (N-methyl/N-ethyl adjacent to an activating group) is 1. The fourth-order valence-electron chi connectivity index (χ4n) is 2.87. The Hall–Kier alpha value is -2.79. The van der Waals surface area contributed by atoms with E-state index in [4.69, 9.17) is 16.3 Å². The smallest absolute Gasteiger partial charge is 0.277 e. The van der Waals surface area contributed by atoms with Gasteiger partial charge >= 0.3 is 0 Å². The van der Waals surface area contributed by atoms with Crippen LogP contribution in [0.25, 0.3) is 5.57 Å². The van der Waals surface area contributed by atoms with E-state index in [1.807, 2.05) is 13.8 Å². The molecule has 0 unspecified atom stereocenters. The van der Waals surface area contributed by atoms with Crippen molar-refractivity contribution >= 4 is 34.7 Å². The second kappa shape index (κ2) is 7.84. The average Bonchev–Trinajstić information content (AvgIpc) is 2.86. The zero-order chi connectivity index (χ0) is 19.6. The number of imide groups is 1. The lowest BCUT2D eigenvalue weighted by atomic mass is 10.0. The van der Waals surface area contributed by atoms with Crippen molar-refractivity contribution in [3.8, 4) is 5.75 Å². The molecule has 0 aromatic heterocycles. The molecule has 0 spiro atoms. The molecule has 0 aliphatic carbocycles. The van der Waals surface area contributed by atoms with Crippen LogP contribution in [0.1, 0.15) is 24.5 Å². The number of carbonyl (C=O) groups excluding carboxylic acids is 2. The van der Waals surface area contributed by atoms with Crippen LogP contribution in [0, 0.1) is 6.92 Å². The van der Waals surface area contributed by atoms with Crippen molar-refractivity contribution in [3.05, 3.63) is 64.3 Å². The first-order valence-corrected chi connectivity index (χ1v) is 9.13. The molecule has 6 heteroatoms. The first kappa shape index (κ1) is 19.0. The lowest BCUT2D eigenvalue weighted by molar-refractivity contribution is -0.135. The Labute approximate surface area is 163 Å². The fourth-order valence-corrected chi connectivity index (χ4v) is 3.09. The van der Waals surface area contributed by atoms with Crippen LogP contribution in [0.15, 0.2) is 48.2 Å². The standard InChI is InChI=1S/C21H21ClN2O3/c1-4-11-27-16-8-5-14(6-9-16)18-19(21(26)24(3)20(18)25)23-17-10-7-15(22)12-13(17)2/h5-10,12,23H,4,11H2,1-3H3. The van der Waals surface area contributed by atoms with E-state index in [2.05, 4.69) is 5.32 Å². The summed E-state index contributed by atoms with van der Waals surface area (Å²) in [6.07, 6.45) is 0.916. The SMILES string of the molecule is CCCOc1ccc(C2=C(Nc3ccc(Cl)cc3C)C(=O)N(C)C2=O)cc1. The fraction of sp³-hybridized carbons (Fsp3) is 0.238. The van der Waals surface area contributed by atoms with Gasteiger partial charge in [-0.05, 0) is 54.8 Å². The van der Waals surface area contributed by atoms with Gasteiger partial charge in [-0.3, -0.25) is 14.5 Å². The molecule has 1 N–H and O–H groups in total. The Morgan fingerprint density at radius 3 is 2.41 bits per heavy atom. The molecular weight excluding hydrogens is 364 g/mol. The highest BCUT2D eigenvalue weighted by molar-refractivity contribution is 6.36. The minimum Gasteiger partial charge on any atom is -0.494 e. The minimum atomic E-state index is -0.365. The Morgan fingerprint density at radius 1 is 1.07 bits per heavy atom. The van der Waals surface area contributed by atoms with Crippen molar-refractivity contribution in [2.45, 2.75) is 20.3 Å². The maximum absolute atomic E-state index is 12.7. The van der Waals surface area contributed by atoms with Crippen molar-refractivity contribution in [3.63, 3.8) is 0 Å². The number of amides is 2. The number of ether oxygens (including phenoxy) is 1. The van der Waals surface area contributed by atoms with E-state index >= 15 is 0 Å². The molecule has 0 saturated carbocycles. The topological polar surface area (TPSA) is 58.6 Å². The monoisotopic (exact) mass is 384 g/mol. The summed E-state index contributed by atoms with van der Waals surface area (Å²) in [5.41, 5.74) is 2.88. The van der Waals surface area contributed by atoms with Gasteiger partial charge in [0.25, 0.3) is 11.8 Å². The number of hydrogen-bond acceptors (Lipinski definition) is 4. The van der Waals surface area contributed by atoms with Crippen LogP contribution in [0.2, 0.25) is 5.02 Å². The summed E-state index contributed by atoms with van der Waals surface area (Å²) in [6, 6.07) is 12.5. The van der Waals surface area contributed by atoms with E-state index < -0.39 is 0 Å². The van der Waals surface area contributed by atoms with Crippen LogP contribution >= 0.6 is 11.6 Å². The van der Waals surface area contributed by atoms with E-state index in [1.165, 1.54) is 7.05 Å². The zero-order valence-corrected chi connectivity index (χ0v) is 16.3. The maximum atomic E-state index is 12.7. The third-order valence-electron chi connectivity index (χ3n) is 4.35. The second-order valence-electron chi connectivity index (χ2n) is 6.38. The van der Waals surface area contributed by atoms with Crippen LogP contribution in [0.5, 0.6) is 5.75 Å². The number of benzene rings is 2. The van der Waals surface area contributed by atoms with E-state index in [-0.39, 0.29) is 17.5 Å². The van der Waals surface area contributed by atoms with E-state index in [0.29, 0.717) is 22.8 Å². The number of anilines is 1. The zero-order valence-electron chi connectivity index (χ0n) is 15.5. The molecule has 1 aliphatic heterocycles. The Balaban J connectivity index is 1.99. The van der Waals surface area contributed by atoms with E-state index in [9.17, 15) is 9.59 Å². The highest BCUT2D eigenvalue weighted by Gasteiger charge is 2.36. The number of rotatable bonds is 6. The van der Waals surface area contributed by atoms with Gasteiger partial charge in [-0.25, -0.2) is 0 Å². The van der Waals surface area contributed by atoms with Crippen molar-refractivity contribution in [2.75, 3.05) is 19.0 Å². The molecule has 3 rings (SSSR count). The second-order valence-corrected chi connectivity index (χ2v) is 6.81. The van der Waals surface area contributed by atoms with Gasteiger partial charge in [0.05, 0.1) is 12.2 Å². The summed E-state index contributed by atoms with van der Waals surface area (Å²) in [5, 5.41) is 3.73. The third-order valence-corrected chi connectivity index (χ3v) is 4.59. The Bertz CT molecular complexity index is 920. The van der Waals surface area contributed by atoms with Crippen molar-refractivity contribution < 1.29 is 14.3 Å². The van der Waals surface area contributed by atoms with E-state index in [0.717, 1.165) is 28.3 Å². The molecular formula is C21H21ClN2O3. The van der Waals surface area contributed by atoms with Crippen LogP contribution in [0.3, 0.4) is 0 Å². The molecule has 1 aliphatic rings. The summed E-state index contributed by atoms with van der Waals surface area (Å²) in [4.78, 5) is 26.4. The quantitative estimate of drug-likeness (QED) is 0.756. The largest absolute Gasteiger partial charge is 0.494 e. The average molecular weight is 385 g/mol. The normalized spacial score (nSPS) is 14.1. The molecule has 27 heavy (non-hydrogen) atoms. The highest BCUT2D eigenvalue weighted by atomic mass is 35.5. The molecule has 0 saturated heterocycles. The molecule has 0 radical (unpaired) electrons. The number of halogens is 1. The highest BCUT2D eigenvalue weighted by Crippen LogP contribution is 2.31. The van der Waals surface area contributed by atoms with Crippen molar-refractivity contribution in [2.24, 2.45) is 0 Å². The number of nitrogens with one attached hydrogen (secondary N) is 1. The lowest BCUT2D eigenvalue weighted by Crippen LogP contribution is -2.28. The summed E-state index contributed by atoms with van der Waals surface area (Å²) in [7, 11) is 1.48. The molecule has 0 atom stereocenters. The van der Waals surface area contributed by atoms with Crippen LogP contribution < -0.4 is 10.1 Å². The van der Waals surface area contributed by atoms with Gasteiger partial charge < -0.3 is 10.1 Å². The molecule has 2 aromatic carbocycles. The van der Waals surface area contributed by atoms with Gasteiger partial charge in [-0.2, -0.15) is 0 Å². The number of carbonyl (C=O) groups is 2. The maximum Gasteiger partial charge on any atom is 0.277 e. The summed E-state index contributed by atoms with van der Waals surface area (Å²) in [6.45, 7) is 4.55. The molecule has 5 nitrogen and oxygen atoms in total. The van der Waals surface area contributed by atoms with Crippen molar-refractivity contribution in [1.82, 2.24) is 4.90 Å². The van der Waals surface area contributed by atoms with Crippen molar-refractivity contribution in [1.29, 1.82) is 0 Å². The van der Waals surface area contributed by atoms with E-state index in [1.54, 1.807) is 42.5 Å². The molecule has 0 bridgehead atoms. The number of aryl methyl sites for hydroxylation is 1. The van der Waals surface area contributed by atoms with Gasteiger partial charge in [0.2, 0.25) is 0 Å². The first-order chi connectivity index (χ1) is 12.9. The third kappa shape index (κ3) is 3.83. The molecule has 140 valence electrons. The summed E-state index contributed by atoms with van der Waals surface area (Å²) in [5.74, 6) is 0.0291. The predicted octanol–water partition coefficient (Wildman–Crippen LogP) is 4.26. The molecule has 1 heterocycles. The number of nitrogens with zero attached hydrogens (tertiary/aromatic N) is 1. The van der Waals surface area contributed by atoms with Gasteiger partial charge in [0.15, 0.2) is 0 Å². The van der Waals surface area contributed by atoms with Crippen LogP contribution in [-0.4, -0.2) is 30.4 Å². The van der Waals surface area contributed by atoms with Gasteiger partial charge in [-0.1, -0.05) is 30.7 Å². The first-order valence-electron chi connectivity index (χ1n) is 8.75. The van der Waals surface area contributed by atoms with Gasteiger partial charge in [0, 0.05) is 17.8 Å². The Kier molecular flexibility index (Phi) is 5.51. The Morgan fingerprint density at radius 2 is 1.78 bits per heavy atom. The molecule has 0 fully saturated rings. The minimum absolute atomic E-state index is 0.259. The summed E-state index contributed by atoms with van der Waals surface area (Å²) >= 11 is 6.00. The van der Waals surface area contributed by atoms with Crippen LogP contribution in [-0.2, 0) is 9.59 Å². The predicted molar refractivity (Wildman–Crippen MR) is 107 cm³/mol. The van der Waals surface area contributed by atoms with Crippen LogP contribution in [0.4, 0.5) is 5.69 Å². The lowest BCUT2D eigenvalue weighted by Gasteiger charge is -2.12. The number of hydrogen-bond donors (Lipinski definition) is 1. The van der Waals surface area contributed by atoms with Gasteiger partial charge in [0.1, 0.15) is 11.4 Å². The summed E-state index contributed by atoms with van der Waals surface area (Å²) < 4.78 is 5.58. The molecule has 2 aromatic rings.